The molecule has 0 amide bonds. The summed E-state index contributed by atoms with van der Waals surface area (Å²) in [4.78, 5) is 26.3. The maximum Gasteiger partial charge on any atom is 0.339 e. The third-order valence-electron chi connectivity index (χ3n) is 2.68. The number of aromatic carboxylic acids is 1. The Morgan fingerprint density at radius 1 is 1.14 bits per heavy atom. The number of aromatic nitrogens is 1. The van der Waals surface area contributed by atoms with Crippen LogP contribution in [0.4, 0.5) is 11.5 Å². The number of benzene rings is 1. The van der Waals surface area contributed by atoms with Crippen molar-refractivity contribution in [1.82, 2.24) is 4.98 Å². The van der Waals surface area contributed by atoms with Crippen LogP contribution in [0.25, 0.3) is 0 Å². The van der Waals surface area contributed by atoms with Gasteiger partial charge in [-0.1, -0.05) is 0 Å². The van der Waals surface area contributed by atoms with E-state index < -0.39 is 11.9 Å². The zero-order valence-electron chi connectivity index (χ0n) is 11.4. The average Bonchev–Trinajstić information content (AvgIpc) is 2.49. The van der Waals surface area contributed by atoms with Crippen LogP contribution in [0.1, 0.15) is 27.6 Å². The molecule has 0 saturated carbocycles. The zero-order valence-corrected chi connectivity index (χ0v) is 11.4. The molecular formula is C15H14N2O4. The number of carbonyl (C=O) groups excluding carboxylic acids is 1. The fourth-order valence-electron chi connectivity index (χ4n) is 1.65. The molecule has 21 heavy (non-hydrogen) atoms. The van der Waals surface area contributed by atoms with Gasteiger partial charge < -0.3 is 15.2 Å². The minimum atomic E-state index is -0.974. The number of hydrogen-bond acceptors (Lipinski definition) is 5. The number of rotatable bonds is 5. The van der Waals surface area contributed by atoms with Crippen molar-refractivity contribution >= 4 is 23.4 Å². The predicted octanol–water partition coefficient (Wildman–Crippen LogP) is 2.70. The van der Waals surface area contributed by atoms with Crippen LogP contribution >= 0.6 is 0 Å². The van der Waals surface area contributed by atoms with Crippen molar-refractivity contribution in [2.24, 2.45) is 0 Å². The summed E-state index contributed by atoms with van der Waals surface area (Å²) in [6.07, 6.45) is 1.42. The number of hydrogen-bond donors (Lipinski definition) is 2. The molecule has 0 aliphatic rings. The normalized spacial score (nSPS) is 9.95. The van der Waals surface area contributed by atoms with Gasteiger partial charge in [0.2, 0.25) is 0 Å². The maximum absolute atomic E-state index is 11.5. The monoisotopic (exact) mass is 286 g/mol. The average molecular weight is 286 g/mol. The smallest absolute Gasteiger partial charge is 0.339 e. The molecule has 1 aromatic heterocycles. The third kappa shape index (κ3) is 3.79. The molecule has 0 spiro atoms. The standard InChI is InChI=1S/C15H14N2O4/c1-2-21-15(20)11-5-8-13(16-9-11)17-12-6-3-10(4-7-12)14(18)19/h3-9H,2H2,1H3,(H,16,17)(H,18,19). The summed E-state index contributed by atoms with van der Waals surface area (Å²) in [7, 11) is 0. The van der Waals surface area contributed by atoms with E-state index in [0.717, 1.165) is 0 Å². The van der Waals surface area contributed by atoms with Crippen molar-refractivity contribution in [1.29, 1.82) is 0 Å². The van der Waals surface area contributed by atoms with Crippen LogP contribution in [0, 0.1) is 0 Å². The molecule has 0 fully saturated rings. The number of carboxylic acid groups (broad SMARTS) is 1. The summed E-state index contributed by atoms with van der Waals surface area (Å²) < 4.78 is 4.87. The fourth-order valence-corrected chi connectivity index (χ4v) is 1.65. The van der Waals surface area contributed by atoms with Crippen LogP contribution in [0.5, 0.6) is 0 Å². The van der Waals surface area contributed by atoms with E-state index in [1.807, 2.05) is 0 Å². The van der Waals surface area contributed by atoms with Crippen LogP contribution in [0.3, 0.4) is 0 Å². The Kier molecular flexibility index (Phi) is 4.50. The van der Waals surface area contributed by atoms with Gasteiger partial charge in [-0.3, -0.25) is 0 Å². The first-order valence-electron chi connectivity index (χ1n) is 6.33. The van der Waals surface area contributed by atoms with E-state index in [9.17, 15) is 9.59 Å². The molecule has 2 aromatic rings. The molecule has 2 N–H and O–H groups in total. The lowest BCUT2D eigenvalue weighted by Gasteiger charge is -2.06. The predicted molar refractivity (Wildman–Crippen MR) is 76.9 cm³/mol. The topological polar surface area (TPSA) is 88.5 Å². The van der Waals surface area contributed by atoms with Crippen molar-refractivity contribution in [3.8, 4) is 0 Å². The Hall–Kier alpha value is -2.89. The first kappa shape index (κ1) is 14.5. The quantitative estimate of drug-likeness (QED) is 0.821. The molecule has 1 heterocycles. The molecule has 6 heteroatoms. The summed E-state index contributed by atoms with van der Waals surface area (Å²) >= 11 is 0. The van der Waals surface area contributed by atoms with E-state index in [1.54, 1.807) is 31.2 Å². The van der Waals surface area contributed by atoms with E-state index in [2.05, 4.69) is 10.3 Å². The summed E-state index contributed by atoms with van der Waals surface area (Å²) in [5.74, 6) is -0.841. The first-order valence-corrected chi connectivity index (χ1v) is 6.33. The molecule has 0 atom stereocenters. The minimum absolute atomic E-state index is 0.214. The van der Waals surface area contributed by atoms with Gasteiger partial charge >= 0.3 is 11.9 Å². The van der Waals surface area contributed by atoms with Crippen molar-refractivity contribution < 1.29 is 19.4 Å². The molecule has 0 saturated heterocycles. The number of nitrogens with zero attached hydrogens (tertiary/aromatic N) is 1. The van der Waals surface area contributed by atoms with Gasteiger partial charge in [-0.2, -0.15) is 0 Å². The molecule has 0 radical (unpaired) electrons. The fraction of sp³-hybridized carbons (Fsp3) is 0.133. The molecule has 0 aliphatic heterocycles. The second-order valence-corrected chi connectivity index (χ2v) is 4.16. The Morgan fingerprint density at radius 2 is 1.81 bits per heavy atom. The van der Waals surface area contributed by atoms with Gasteiger partial charge in [0, 0.05) is 11.9 Å². The summed E-state index contributed by atoms with van der Waals surface area (Å²) in [6.45, 7) is 2.05. The highest BCUT2D eigenvalue weighted by molar-refractivity contribution is 5.89. The number of carbonyl (C=O) groups is 2. The molecule has 0 unspecified atom stereocenters. The molecule has 0 aliphatic carbocycles. The molecule has 108 valence electrons. The van der Waals surface area contributed by atoms with Crippen molar-refractivity contribution in [3.63, 3.8) is 0 Å². The van der Waals surface area contributed by atoms with Crippen molar-refractivity contribution in [2.75, 3.05) is 11.9 Å². The molecule has 0 bridgehead atoms. The zero-order chi connectivity index (χ0) is 15.2. The van der Waals surface area contributed by atoms with E-state index in [0.29, 0.717) is 23.7 Å². The first-order chi connectivity index (χ1) is 10.1. The van der Waals surface area contributed by atoms with Crippen LogP contribution in [0.2, 0.25) is 0 Å². The lowest BCUT2D eigenvalue weighted by Crippen LogP contribution is -2.05. The van der Waals surface area contributed by atoms with Gasteiger partial charge in [0.05, 0.1) is 17.7 Å². The second-order valence-electron chi connectivity index (χ2n) is 4.16. The van der Waals surface area contributed by atoms with Gasteiger partial charge in [-0.15, -0.1) is 0 Å². The van der Waals surface area contributed by atoms with E-state index in [-0.39, 0.29) is 5.56 Å². The van der Waals surface area contributed by atoms with Crippen molar-refractivity contribution in [2.45, 2.75) is 6.92 Å². The highest BCUT2D eigenvalue weighted by atomic mass is 16.5. The van der Waals surface area contributed by atoms with Crippen molar-refractivity contribution in [3.05, 3.63) is 53.7 Å². The third-order valence-corrected chi connectivity index (χ3v) is 2.68. The number of carboxylic acids is 1. The number of esters is 1. The second kappa shape index (κ2) is 6.51. The minimum Gasteiger partial charge on any atom is -0.478 e. The Morgan fingerprint density at radius 3 is 2.33 bits per heavy atom. The molecule has 6 nitrogen and oxygen atoms in total. The molecule has 2 rings (SSSR count). The van der Waals surface area contributed by atoms with E-state index in [4.69, 9.17) is 9.84 Å². The van der Waals surface area contributed by atoms with Gasteiger partial charge in [0.15, 0.2) is 0 Å². The van der Waals surface area contributed by atoms with Gasteiger partial charge in [-0.25, -0.2) is 14.6 Å². The highest BCUT2D eigenvalue weighted by Gasteiger charge is 2.07. The number of anilines is 2. The van der Waals surface area contributed by atoms with Gasteiger partial charge in [0.1, 0.15) is 5.82 Å². The van der Waals surface area contributed by atoms with Crippen LogP contribution in [0.15, 0.2) is 42.6 Å². The number of ether oxygens (including phenoxy) is 1. The lowest BCUT2D eigenvalue weighted by molar-refractivity contribution is 0.0525. The highest BCUT2D eigenvalue weighted by Crippen LogP contribution is 2.16. The lowest BCUT2D eigenvalue weighted by atomic mass is 10.2. The number of nitrogens with one attached hydrogen (secondary N) is 1. The Labute approximate surface area is 121 Å². The molecular weight excluding hydrogens is 272 g/mol. The van der Waals surface area contributed by atoms with Crippen LogP contribution < -0.4 is 5.32 Å². The summed E-state index contributed by atoms with van der Waals surface area (Å²) in [6, 6.07) is 9.54. The van der Waals surface area contributed by atoms with Gasteiger partial charge in [0.25, 0.3) is 0 Å². The molecule has 1 aromatic carbocycles. The Bertz CT molecular complexity index is 636. The van der Waals surface area contributed by atoms with Crippen LogP contribution in [-0.4, -0.2) is 28.6 Å². The summed E-state index contributed by atoms with van der Waals surface area (Å²) in [5.41, 5.74) is 1.30. The van der Waals surface area contributed by atoms with E-state index in [1.165, 1.54) is 18.3 Å². The van der Waals surface area contributed by atoms with Gasteiger partial charge in [-0.05, 0) is 43.3 Å². The van der Waals surface area contributed by atoms with Crippen LogP contribution in [-0.2, 0) is 4.74 Å². The largest absolute Gasteiger partial charge is 0.478 e. The maximum atomic E-state index is 11.5. The SMILES string of the molecule is CCOC(=O)c1ccc(Nc2ccc(C(=O)O)cc2)nc1. The van der Waals surface area contributed by atoms with E-state index >= 15 is 0 Å². The Balaban J connectivity index is 2.06. The number of pyridine rings is 1. The summed E-state index contributed by atoms with van der Waals surface area (Å²) in [5, 5.41) is 11.8.